The van der Waals surface area contributed by atoms with Gasteiger partial charge in [0.25, 0.3) is 0 Å². The van der Waals surface area contributed by atoms with Crippen LogP contribution in [0.2, 0.25) is 0 Å². The van der Waals surface area contributed by atoms with E-state index in [1.807, 2.05) is 23.9 Å². The number of hydrogen-bond acceptors (Lipinski definition) is 4. The third kappa shape index (κ3) is 3.53. The third-order valence-electron chi connectivity index (χ3n) is 2.72. The van der Waals surface area contributed by atoms with Crippen LogP contribution >= 0.6 is 15.9 Å². The molecule has 0 aliphatic carbocycles. The quantitative estimate of drug-likeness (QED) is 0.882. The Kier molecular flexibility index (Phi) is 3.89. The topological polar surface area (TPSA) is 55.6 Å². The van der Waals surface area contributed by atoms with Gasteiger partial charge in [0.1, 0.15) is 10.3 Å². The summed E-state index contributed by atoms with van der Waals surface area (Å²) in [6.45, 7) is 8.94. The van der Waals surface area contributed by atoms with Crippen molar-refractivity contribution in [3.63, 3.8) is 0 Å². The molecule has 0 unspecified atom stereocenters. The number of pyridine rings is 1. The van der Waals surface area contributed by atoms with Gasteiger partial charge in [-0.1, -0.05) is 5.21 Å². The number of aryl methyl sites for hydroxylation is 1. The van der Waals surface area contributed by atoms with E-state index in [4.69, 9.17) is 0 Å². The van der Waals surface area contributed by atoms with Crippen LogP contribution in [0.5, 0.6) is 0 Å². The molecule has 0 saturated carbocycles. The Balaban J connectivity index is 2.02. The lowest BCUT2D eigenvalue weighted by atomic mass is 10.1. The zero-order chi connectivity index (χ0) is 14.0. The van der Waals surface area contributed by atoms with Crippen molar-refractivity contribution in [2.75, 3.05) is 5.32 Å². The molecule has 0 radical (unpaired) electrons. The van der Waals surface area contributed by atoms with Crippen LogP contribution in [0.25, 0.3) is 0 Å². The van der Waals surface area contributed by atoms with Crippen molar-refractivity contribution in [3.05, 3.63) is 34.3 Å². The average molecular weight is 324 g/mol. The van der Waals surface area contributed by atoms with E-state index in [0.717, 1.165) is 21.5 Å². The minimum Gasteiger partial charge on any atom is -0.378 e. The molecule has 0 aromatic carbocycles. The van der Waals surface area contributed by atoms with Crippen LogP contribution in [0.15, 0.2) is 23.1 Å². The fourth-order valence-electron chi connectivity index (χ4n) is 1.55. The van der Waals surface area contributed by atoms with E-state index < -0.39 is 0 Å². The molecule has 0 amide bonds. The lowest BCUT2D eigenvalue weighted by molar-refractivity contribution is 0.347. The van der Waals surface area contributed by atoms with Crippen LogP contribution in [0.3, 0.4) is 0 Å². The first-order valence-corrected chi connectivity index (χ1v) is 6.93. The van der Waals surface area contributed by atoms with Gasteiger partial charge in [0.2, 0.25) is 0 Å². The monoisotopic (exact) mass is 323 g/mol. The van der Waals surface area contributed by atoms with Crippen molar-refractivity contribution in [2.24, 2.45) is 0 Å². The maximum absolute atomic E-state index is 4.25. The molecule has 0 aliphatic rings. The number of rotatable bonds is 3. The van der Waals surface area contributed by atoms with Crippen LogP contribution < -0.4 is 5.32 Å². The van der Waals surface area contributed by atoms with E-state index in [2.05, 4.69) is 57.3 Å². The third-order valence-corrected chi connectivity index (χ3v) is 3.55. The minimum atomic E-state index is -0.0407. The molecule has 0 saturated heterocycles. The minimum absolute atomic E-state index is 0.0407. The van der Waals surface area contributed by atoms with Crippen LogP contribution in [-0.4, -0.2) is 20.0 Å². The molecule has 0 aliphatic heterocycles. The highest BCUT2D eigenvalue weighted by molar-refractivity contribution is 9.10. The summed E-state index contributed by atoms with van der Waals surface area (Å²) in [5, 5.41) is 11.6. The van der Waals surface area contributed by atoms with E-state index in [-0.39, 0.29) is 5.54 Å². The average Bonchev–Trinajstić information content (AvgIpc) is 2.79. The smallest absolute Gasteiger partial charge is 0.109 e. The van der Waals surface area contributed by atoms with Crippen molar-refractivity contribution in [3.8, 4) is 0 Å². The van der Waals surface area contributed by atoms with Gasteiger partial charge in [-0.05, 0) is 55.3 Å². The summed E-state index contributed by atoms with van der Waals surface area (Å²) in [4.78, 5) is 4.25. The van der Waals surface area contributed by atoms with E-state index in [0.29, 0.717) is 6.54 Å². The second kappa shape index (κ2) is 5.28. The first kappa shape index (κ1) is 14.0. The predicted octanol–water partition coefficient (Wildman–Crippen LogP) is 3.11. The molecule has 6 heteroatoms. The Morgan fingerprint density at radius 2 is 2.11 bits per heavy atom. The van der Waals surface area contributed by atoms with Crippen LogP contribution in [0.4, 0.5) is 5.69 Å². The molecular weight excluding hydrogens is 306 g/mol. The van der Waals surface area contributed by atoms with Gasteiger partial charge in [0.15, 0.2) is 0 Å². The Hall–Kier alpha value is -1.43. The van der Waals surface area contributed by atoms with Gasteiger partial charge >= 0.3 is 0 Å². The van der Waals surface area contributed by atoms with Crippen molar-refractivity contribution in [1.29, 1.82) is 0 Å². The Labute approximate surface area is 121 Å². The summed E-state index contributed by atoms with van der Waals surface area (Å²) < 4.78 is 2.74. The summed E-state index contributed by atoms with van der Waals surface area (Å²) in [5.74, 6) is 0. The molecule has 0 fully saturated rings. The lowest BCUT2D eigenvalue weighted by Crippen LogP contribution is -2.22. The number of aromatic nitrogens is 4. The normalized spacial score (nSPS) is 11.6. The summed E-state index contributed by atoms with van der Waals surface area (Å²) >= 11 is 3.39. The fourth-order valence-corrected chi connectivity index (χ4v) is 1.77. The Morgan fingerprint density at radius 1 is 1.37 bits per heavy atom. The van der Waals surface area contributed by atoms with Crippen molar-refractivity contribution < 1.29 is 0 Å². The summed E-state index contributed by atoms with van der Waals surface area (Å²) in [7, 11) is 0. The van der Waals surface area contributed by atoms with Gasteiger partial charge in [-0.25, -0.2) is 9.67 Å². The molecule has 2 rings (SSSR count). The predicted molar refractivity (Wildman–Crippen MR) is 79.0 cm³/mol. The highest BCUT2D eigenvalue weighted by atomic mass is 79.9. The largest absolute Gasteiger partial charge is 0.378 e. The maximum atomic E-state index is 4.25. The zero-order valence-corrected chi connectivity index (χ0v) is 13.2. The number of nitrogens with one attached hydrogen (secondary N) is 1. The molecule has 0 bridgehead atoms. The van der Waals surface area contributed by atoms with E-state index >= 15 is 0 Å². The van der Waals surface area contributed by atoms with E-state index in [9.17, 15) is 0 Å². The number of hydrogen-bond donors (Lipinski definition) is 1. The first-order chi connectivity index (χ1) is 8.86. The summed E-state index contributed by atoms with van der Waals surface area (Å²) in [6, 6.07) is 2.05. The van der Waals surface area contributed by atoms with Gasteiger partial charge in [0.05, 0.1) is 30.2 Å². The summed E-state index contributed by atoms with van der Waals surface area (Å²) in [6.07, 6.45) is 3.76. The van der Waals surface area contributed by atoms with Gasteiger partial charge in [-0.3, -0.25) is 0 Å². The molecule has 5 nitrogen and oxygen atoms in total. The number of nitrogens with zero attached hydrogens (tertiary/aromatic N) is 4. The molecule has 0 spiro atoms. The molecule has 0 atom stereocenters. The lowest BCUT2D eigenvalue weighted by Gasteiger charge is -2.17. The van der Waals surface area contributed by atoms with Crippen LogP contribution in [-0.2, 0) is 12.1 Å². The molecular formula is C13H18BrN5. The zero-order valence-electron chi connectivity index (χ0n) is 11.6. The van der Waals surface area contributed by atoms with E-state index in [1.54, 1.807) is 6.20 Å². The van der Waals surface area contributed by atoms with Gasteiger partial charge < -0.3 is 5.32 Å². The van der Waals surface area contributed by atoms with Crippen molar-refractivity contribution in [1.82, 2.24) is 20.0 Å². The first-order valence-electron chi connectivity index (χ1n) is 6.14. The Bertz CT molecular complexity index is 571. The Morgan fingerprint density at radius 3 is 2.68 bits per heavy atom. The fraction of sp³-hybridized carbons (Fsp3) is 0.462. The number of anilines is 1. The van der Waals surface area contributed by atoms with E-state index in [1.165, 1.54) is 0 Å². The summed E-state index contributed by atoms with van der Waals surface area (Å²) in [5.41, 5.74) is 2.95. The van der Waals surface area contributed by atoms with Crippen molar-refractivity contribution >= 4 is 21.6 Å². The molecule has 1 N–H and O–H groups in total. The standard InChI is InChI=1S/C13H18BrN5/c1-9-5-10(6-16-12(9)14)15-7-11-8-19(18-17-11)13(2,3)4/h5-6,8,15H,7H2,1-4H3. The molecule has 102 valence electrons. The van der Waals surface area contributed by atoms with Crippen molar-refractivity contribution in [2.45, 2.75) is 39.8 Å². The molecule has 2 heterocycles. The highest BCUT2D eigenvalue weighted by Crippen LogP contribution is 2.17. The van der Waals surface area contributed by atoms with Gasteiger partial charge in [0, 0.05) is 0 Å². The molecule has 19 heavy (non-hydrogen) atoms. The highest BCUT2D eigenvalue weighted by Gasteiger charge is 2.14. The van der Waals surface area contributed by atoms with Crippen LogP contribution in [0.1, 0.15) is 32.0 Å². The maximum Gasteiger partial charge on any atom is 0.109 e. The SMILES string of the molecule is Cc1cc(NCc2cn(C(C)(C)C)nn2)cnc1Br. The van der Waals surface area contributed by atoms with Crippen LogP contribution in [0, 0.1) is 6.92 Å². The molecule has 2 aromatic heterocycles. The molecule has 2 aromatic rings. The number of halogens is 1. The second-order valence-electron chi connectivity index (χ2n) is 5.51. The van der Waals surface area contributed by atoms with Gasteiger partial charge in [-0.2, -0.15) is 0 Å². The van der Waals surface area contributed by atoms with Gasteiger partial charge in [-0.15, -0.1) is 5.10 Å². The second-order valence-corrected chi connectivity index (χ2v) is 6.26.